The van der Waals surface area contributed by atoms with Gasteiger partial charge in [0.25, 0.3) is 0 Å². The number of rotatable bonds is 3. The van der Waals surface area contributed by atoms with E-state index in [-0.39, 0.29) is 18.7 Å². The maximum atomic E-state index is 13.3. The Hall–Kier alpha value is -1.48. The SMILES string of the molecule is Cc1cc2scc(CC(=O)N3CCCC3C3(C(F)(F)F)N=N3)c2s1. The summed E-state index contributed by atoms with van der Waals surface area (Å²) in [5.41, 5.74) is -1.49. The van der Waals surface area contributed by atoms with Gasteiger partial charge < -0.3 is 4.90 Å². The first kappa shape index (κ1) is 16.0. The number of carbonyl (C=O) groups excluding carboxylic acids is 1. The topological polar surface area (TPSA) is 45.0 Å². The number of likely N-dealkylation sites (tertiary alicyclic amines) is 1. The van der Waals surface area contributed by atoms with Crippen LogP contribution in [-0.4, -0.2) is 35.2 Å². The van der Waals surface area contributed by atoms with Crippen molar-refractivity contribution >= 4 is 38.0 Å². The molecule has 2 aromatic rings. The molecule has 2 aliphatic rings. The van der Waals surface area contributed by atoms with Gasteiger partial charge in [0, 0.05) is 20.8 Å². The van der Waals surface area contributed by atoms with Gasteiger partial charge in [0.15, 0.2) is 0 Å². The molecule has 0 spiro atoms. The molecule has 128 valence electrons. The summed E-state index contributed by atoms with van der Waals surface area (Å²) in [4.78, 5) is 15.2. The van der Waals surface area contributed by atoms with Gasteiger partial charge in [-0.2, -0.15) is 13.2 Å². The largest absolute Gasteiger partial charge is 0.439 e. The van der Waals surface area contributed by atoms with Crippen LogP contribution in [0.2, 0.25) is 0 Å². The second-order valence-corrected chi connectivity index (χ2v) is 8.32. The van der Waals surface area contributed by atoms with Gasteiger partial charge in [-0.1, -0.05) is 0 Å². The highest BCUT2D eigenvalue weighted by molar-refractivity contribution is 7.27. The molecule has 4 nitrogen and oxygen atoms in total. The summed E-state index contributed by atoms with van der Waals surface area (Å²) in [6.45, 7) is 2.34. The molecule has 0 N–H and O–H groups in total. The fraction of sp³-hybridized carbons (Fsp3) is 0.533. The first-order valence-corrected chi connectivity index (χ1v) is 9.28. The van der Waals surface area contributed by atoms with E-state index in [0.29, 0.717) is 13.0 Å². The Morgan fingerprint density at radius 2 is 2.21 bits per heavy atom. The third kappa shape index (κ3) is 2.36. The van der Waals surface area contributed by atoms with E-state index in [2.05, 4.69) is 16.3 Å². The number of amides is 1. The second-order valence-electron chi connectivity index (χ2n) is 6.16. The van der Waals surface area contributed by atoms with Crippen molar-refractivity contribution in [2.45, 2.75) is 44.1 Å². The first-order chi connectivity index (χ1) is 11.3. The van der Waals surface area contributed by atoms with Crippen LogP contribution >= 0.6 is 22.7 Å². The van der Waals surface area contributed by atoms with E-state index in [0.717, 1.165) is 19.8 Å². The summed E-state index contributed by atoms with van der Waals surface area (Å²) in [5.74, 6) is -0.274. The number of nitrogens with zero attached hydrogens (tertiary/aromatic N) is 3. The summed E-state index contributed by atoms with van der Waals surface area (Å²) in [6, 6.07) is 1.07. The molecule has 24 heavy (non-hydrogen) atoms. The Morgan fingerprint density at radius 1 is 1.46 bits per heavy atom. The highest BCUT2D eigenvalue weighted by atomic mass is 32.1. The van der Waals surface area contributed by atoms with Crippen LogP contribution in [0, 0.1) is 6.92 Å². The quantitative estimate of drug-likeness (QED) is 0.780. The molecule has 1 atom stereocenters. The van der Waals surface area contributed by atoms with Gasteiger partial charge >= 0.3 is 11.8 Å². The molecule has 2 aliphatic heterocycles. The lowest BCUT2D eigenvalue weighted by Crippen LogP contribution is -2.52. The van der Waals surface area contributed by atoms with Crippen LogP contribution in [0.5, 0.6) is 0 Å². The van der Waals surface area contributed by atoms with E-state index in [4.69, 9.17) is 0 Å². The molecule has 1 saturated heterocycles. The van der Waals surface area contributed by atoms with Crippen molar-refractivity contribution in [3.63, 3.8) is 0 Å². The van der Waals surface area contributed by atoms with Crippen LogP contribution in [0.3, 0.4) is 0 Å². The number of carbonyl (C=O) groups is 1. The van der Waals surface area contributed by atoms with Crippen molar-refractivity contribution < 1.29 is 18.0 Å². The number of aryl methyl sites for hydroxylation is 1. The minimum atomic E-state index is -4.54. The number of hydrogen-bond acceptors (Lipinski definition) is 5. The Morgan fingerprint density at radius 3 is 2.88 bits per heavy atom. The van der Waals surface area contributed by atoms with Gasteiger partial charge in [-0.05, 0) is 36.8 Å². The molecule has 0 radical (unpaired) electrons. The molecular weight excluding hydrogens is 359 g/mol. The zero-order valence-corrected chi connectivity index (χ0v) is 14.4. The third-order valence-corrected chi connectivity index (χ3v) is 6.79. The summed E-state index contributed by atoms with van der Waals surface area (Å²) < 4.78 is 41.9. The normalized spacial score (nSPS) is 22.5. The van der Waals surface area contributed by atoms with Gasteiger partial charge in [-0.3, -0.25) is 4.79 Å². The zero-order valence-electron chi connectivity index (χ0n) is 12.8. The zero-order chi connectivity index (χ0) is 17.1. The second kappa shape index (κ2) is 5.26. The average Bonchev–Trinajstić information content (AvgIpc) is 2.86. The molecule has 0 aromatic carbocycles. The molecule has 1 amide bonds. The van der Waals surface area contributed by atoms with E-state index < -0.39 is 17.9 Å². The number of fused-ring (bicyclic) bond motifs is 1. The fourth-order valence-electron chi connectivity index (χ4n) is 3.35. The number of alkyl halides is 3. The molecule has 0 bridgehead atoms. The van der Waals surface area contributed by atoms with Crippen LogP contribution in [0.15, 0.2) is 21.7 Å². The molecule has 1 unspecified atom stereocenters. The summed E-state index contributed by atoms with van der Waals surface area (Å²) >= 11 is 3.18. The monoisotopic (exact) mass is 373 g/mol. The standard InChI is InChI=1S/C15H14F3N3OS2/c1-8-5-10-13(24-8)9(7-23-10)6-12(22)21-4-2-3-11(21)14(19-20-14)15(16,17)18/h5,7,11H,2-4,6H2,1H3. The van der Waals surface area contributed by atoms with Crippen molar-refractivity contribution in [3.8, 4) is 0 Å². The minimum Gasteiger partial charge on any atom is -0.334 e. The summed E-state index contributed by atoms with van der Waals surface area (Å²) in [5, 5.41) is 8.49. The molecule has 2 aromatic heterocycles. The van der Waals surface area contributed by atoms with E-state index in [1.807, 2.05) is 12.3 Å². The van der Waals surface area contributed by atoms with Gasteiger partial charge in [-0.15, -0.1) is 32.9 Å². The van der Waals surface area contributed by atoms with E-state index in [1.165, 1.54) is 4.90 Å². The predicted molar refractivity (Wildman–Crippen MR) is 86.5 cm³/mol. The van der Waals surface area contributed by atoms with Crippen LogP contribution in [-0.2, 0) is 11.2 Å². The average molecular weight is 373 g/mol. The first-order valence-electron chi connectivity index (χ1n) is 7.58. The number of halogens is 3. The van der Waals surface area contributed by atoms with E-state index in [9.17, 15) is 18.0 Å². The Bertz CT molecular complexity index is 833. The van der Waals surface area contributed by atoms with Gasteiger partial charge in [0.2, 0.25) is 5.91 Å². The molecule has 4 heterocycles. The lowest BCUT2D eigenvalue weighted by atomic mass is 10.0. The van der Waals surface area contributed by atoms with Gasteiger partial charge in [0.05, 0.1) is 12.5 Å². The predicted octanol–water partition coefficient (Wildman–Crippen LogP) is 4.53. The summed E-state index contributed by atoms with van der Waals surface area (Å²) in [6.07, 6.45) is -3.57. The Labute approximate surface area is 144 Å². The van der Waals surface area contributed by atoms with Crippen molar-refractivity contribution in [2.75, 3.05) is 6.54 Å². The van der Waals surface area contributed by atoms with Crippen molar-refractivity contribution in [3.05, 3.63) is 21.9 Å². The molecule has 4 rings (SSSR count). The van der Waals surface area contributed by atoms with Crippen LogP contribution in [0.4, 0.5) is 13.2 Å². The van der Waals surface area contributed by atoms with Gasteiger partial charge in [-0.25, -0.2) is 0 Å². The lowest BCUT2D eigenvalue weighted by Gasteiger charge is -2.29. The van der Waals surface area contributed by atoms with Crippen molar-refractivity contribution in [2.24, 2.45) is 10.2 Å². The molecule has 0 saturated carbocycles. The van der Waals surface area contributed by atoms with Gasteiger partial charge in [0.1, 0.15) is 0 Å². The van der Waals surface area contributed by atoms with Crippen LogP contribution < -0.4 is 0 Å². The smallest absolute Gasteiger partial charge is 0.334 e. The van der Waals surface area contributed by atoms with E-state index >= 15 is 0 Å². The van der Waals surface area contributed by atoms with E-state index in [1.54, 1.807) is 22.7 Å². The fourth-order valence-corrected chi connectivity index (χ4v) is 5.64. The van der Waals surface area contributed by atoms with Crippen LogP contribution in [0.25, 0.3) is 9.40 Å². The van der Waals surface area contributed by atoms with Crippen molar-refractivity contribution in [1.29, 1.82) is 0 Å². The summed E-state index contributed by atoms with van der Waals surface area (Å²) in [7, 11) is 0. The molecule has 9 heteroatoms. The Balaban J connectivity index is 1.55. The van der Waals surface area contributed by atoms with Crippen LogP contribution in [0.1, 0.15) is 23.3 Å². The molecular formula is C15H14F3N3OS2. The minimum absolute atomic E-state index is 0.129. The van der Waals surface area contributed by atoms with Crippen molar-refractivity contribution in [1.82, 2.24) is 4.90 Å². The Kier molecular flexibility index (Phi) is 3.51. The highest BCUT2D eigenvalue weighted by Crippen LogP contribution is 2.51. The lowest BCUT2D eigenvalue weighted by molar-refractivity contribution is -0.179. The number of hydrogen-bond donors (Lipinski definition) is 0. The molecule has 0 aliphatic carbocycles. The highest BCUT2D eigenvalue weighted by Gasteiger charge is 2.70. The maximum Gasteiger partial charge on any atom is 0.439 e. The maximum absolute atomic E-state index is 13.3. The third-order valence-electron chi connectivity index (χ3n) is 4.55. The molecule has 1 fully saturated rings. The number of thiophene rings is 2.